The van der Waals surface area contributed by atoms with Crippen LogP contribution in [0, 0.1) is 0 Å². The zero-order chi connectivity index (χ0) is 33.9. The van der Waals surface area contributed by atoms with Gasteiger partial charge >= 0.3 is 5.97 Å². The first-order valence-electron chi connectivity index (χ1n) is 15.9. The Labute approximate surface area is 281 Å². The van der Waals surface area contributed by atoms with Gasteiger partial charge in [-0.05, 0) is 78.4 Å². The Morgan fingerprint density at radius 1 is 0.755 bits per heavy atom. The zero-order valence-corrected chi connectivity index (χ0v) is 26.7. The molecule has 0 spiro atoms. The van der Waals surface area contributed by atoms with Gasteiger partial charge in [0.05, 0.1) is 51.7 Å². The molecular weight excluding hydrogens is 616 g/mol. The van der Waals surface area contributed by atoms with E-state index in [0.717, 1.165) is 35.3 Å². The molecule has 1 fully saturated rings. The number of aromatic nitrogens is 5. The first kappa shape index (κ1) is 31.2. The average Bonchev–Trinajstić information content (AvgIpc) is 4.00. The van der Waals surface area contributed by atoms with E-state index in [1.54, 1.807) is 30.6 Å². The maximum absolute atomic E-state index is 13.1. The number of nitrogens with two attached hydrogens (primary N) is 1. The number of carbonyl (C=O) groups excluding carboxylic acids is 1. The van der Waals surface area contributed by atoms with Crippen molar-refractivity contribution in [3.05, 3.63) is 165 Å². The highest BCUT2D eigenvalue weighted by Gasteiger charge is 2.26. The molecule has 10 heteroatoms. The highest BCUT2D eigenvalue weighted by Crippen LogP contribution is 2.40. The van der Waals surface area contributed by atoms with Crippen molar-refractivity contribution in [3.63, 3.8) is 0 Å². The van der Waals surface area contributed by atoms with Crippen LogP contribution in [0.5, 0.6) is 0 Å². The normalized spacial score (nSPS) is 12.3. The number of ether oxygens (including phenoxy) is 1. The van der Waals surface area contributed by atoms with Crippen molar-refractivity contribution < 1.29 is 9.53 Å². The van der Waals surface area contributed by atoms with E-state index in [2.05, 4.69) is 15.0 Å². The molecular formula is C39H32N6O4. The summed E-state index contributed by atoms with van der Waals surface area (Å²) >= 11 is 0. The van der Waals surface area contributed by atoms with Crippen molar-refractivity contribution in [2.45, 2.75) is 25.2 Å². The van der Waals surface area contributed by atoms with Crippen molar-refractivity contribution in [3.8, 4) is 11.4 Å². The molecule has 10 nitrogen and oxygen atoms in total. The Hall–Kier alpha value is -6.42. The number of hydrogen-bond acceptors (Lipinski definition) is 8. The van der Waals surface area contributed by atoms with E-state index in [-0.39, 0.29) is 11.1 Å². The Morgan fingerprint density at radius 3 is 1.92 bits per heavy atom. The summed E-state index contributed by atoms with van der Waals surface area (Å²) in [4.78, 5) is 51.3. The lowest BCUT2D eigenvalue weighted by Gasteiger charge is -2.12. The minimum atomic E-state index is -0.398. The number of hydrogen-bond donors (Lipinski definition) is 1. The molecule has 0 unspecified atom stereocenters. The molecule has 242 valence electrons. The van der Waals surface area contributed by atoms with Gasteiger partial charge in [-0.3, -0.25) is 23.7 Å². The quantitative estimate of drug-likeness (QED) is 0.171. The number of pyridine rings is 1. The monoisotopic (exact) mass is 648 g/mol. The van der Waals surface area contributed by atoms with Crippen molar-refractivity contribution in [1.82, 2.24) is 24.1 Å². The standard InChI is InChI=1S/C25H21N3O3.C14H11N3O/c1-31-25(30)21-12-18(16-10-11-16)14-26-22(21)13-17-6-5-9-20-23(17)27-15-28(24(20)29)19-7-3-2-4-8-19;15-12-8-4-7-11-13(12)16-9-17(14(11)18)10-5-2-1-3-6-10/h2-9,12,14-16H,10-11,13H2,1H3;1-9H,15H2. The summed E-state index contributed by atoms with van der Waals surface area (Å²) in [5.74, 6) is 0.0882. The van der Waals surface area contributed by atoms with E-state index in [1.807, 2.05) is 85.1 Å². The second-order valence-electron chi connectivity index (χ2n) is 11.8. The Bertz CT molecular complexity index is 2440. The molecule has 3 heterocycles. The first-order valence-corrected chi connectivity index (χ1v) is 15.9. The highest BCUT2D eigenvalue weighted by atomic mass is 16.5. The summed E-state index contributed by atoms with van der Waals surface area (Å²) in [6, 6.07) is 31.5. The number of carbonyl (C=O) groups is 1. The number of rotatable bonds is 6. The van der Waals surface area contributed by atoms with Gasteiger partial charge in [0.1, 0.15) is 18.2 Å². The zero-order valence-electron chi connectivity index (χ0n) is 26.7. The minimum Gasteiger partial charge on any atom is -0.465 e. The number of nitrogen functional groups attached to an aromatic ring is 1. The molecule has 1 saturated carbocycles. The number of fused-ring (bicyclic) bond motifs is 2. The molecule has 0 radical (unpaired) electrons. The third-order valence-electron chi connectivity index (χ3n) is 8.56. The number of methoxy groups -OCH3 is 1. The van der Waals surface area contributed by atoms with Crippen molar-refractivity contribution in [2.75, 3.05) is 12.8 Å². The van der Waals surface area contributed by atoms with Crippen LogP contribution in [0.25, 0.3) is 33.2 Å². The number of benzene rings is 4. The smallest absolute Gasteiger partial charge is 0.339 e. The maximum Gasteiger partial charge on any atom is 0.339 e. The van der Waals surface area contributed by atoms with Gasteiger partial charge in [-0.1, -0.05) is 54.6 Å². The topological polar surface area (TPSA) is 135 Å². The van der Waals surface area contributed by atoms with Crippen LogP contribution >= 0.6 is 0 Å². The molecule has 0 bridgehead atoms. The molecule has 3 aromatic heterocycles. The summed E-state index contributed by atoms with van der Waals surface area (Å²) in [5.41, 5.74) is 11.8. The van der Waals surface area contributed by atoms with Crippen molar-refractivity contribution in [2.24, 2.45) is 0 Å². The number of nitrogens with zero attached hydrogens (tertiary/aromatic N) is 5. The lowest BCUT2D eigenvalue weighted by Crippen LogP contribution is -2.19. The first-order chi connectivity index (χ1) is 23.9. The van der Waals surface area contributed by atoms with Crippen LogP contribution in [0.3, 0.4) is 0 Å². The summed E-state index contributed by atoms with van der Waals surface area (Å²) in [7, 11) is 1.38. The molecule has 0 atom stereocenters. The Morgan fingerprint density at radius 2 is 1.33 bits per heavy atom. The van der Waals surface area contributed by atoms with Crippen molar-refractivity contribution in [1.29, 1.82) is 0 Å². The fourth-order valence-electron chi connectivity index (χ4n) is 5.83. The predicted molar refractivity (Wildman–Crippen MR) is 189 cm³/mol. The van der Waals surface area contributed by atoms with Gasteiger partial charge in [-0.15, -0.1) is 0 Å². The molecule has 8 rings (SSSR count). The SMILES string of the molecule is COC(=O)c1cc(C2CC2)cnc1Cc1cccc2c(=O)n(-c3ccccc3)cnc12.Nc1cccc2c(=O)n(-c3ccccc3)cnc12. The fraction of sp³-hybridized carbons (Fsp3) is 0.128. The Balaban J connectivity index is 0.000000178. The van der Waals surface area contributed by atoms with Crippen molar-refractivity contribution >= 4 is 33.5 Å². The molecule has 0 saturated heterocycles. The molecule has 7 aromatic rings. The summed E-state index contributed by atoms with van der Waals surface area (Å²) in [5, 5.41) is 1.06. The maximum atomic E-state index is 13.1. The fourth-order valence-corrected chi connectivity index (χ4v) is 5.83. The molecule has 0 amide bonds. The number of esters is 1. The van der Waals surface area contributed by atoms with E-state index >= 15 is 0 Å². The van der Waals surface area contributed by atoms with Crippen LogP contribution in [-0.2, 0) is 11.2 Å². The molecule has 0 aliphatic heterocycles. The molecule has 2 N–H and O–H groups in total. The highest BCUT2D eigenvalue weighted by molar-refractivity contribution is 5.91. The van der Waals surface area contributed by atoms with Crippen LogP contribution < -0.4 is 16.9 Å². The van der Waals surface area contributed by atoms with E-state index in [1.165, 1.54) is 22.6 Å². The van der Waals surface area contributed by atoms with Gasteiger partial charge in [0.25, 0.3) is 11.1 Å². The molecule has 1 aliphatic carbocycles. The van der Waals surface area contributed by atoms with Gasteiger partial charge in [0.2, 0.25) is 0 Å². The predicted octanol–water partition coefficient (Wildman–Crippen LogP) is 6.00. The Kier molecular flexibility index (Phi) is 8.51. The number of para-hydroxylation sites is 4. The van der Waals surface area contributed by atoms with Crippen LogP contribution in [0.4, 0.5) is 5.69 Å². The largest absolute Gasteiger partial charge is 0.465 e. The lowest BCUT2D eigenvalue weighted by atomic mass is 10.0. The van der Waals surface area contributed by atoms with E-state index in [0.29, 0.717) is 51.1 Å². The summed E-state index contributed by atoms with van der Waals surface area (Å²) in [6.45, 7) is 0. The second kappa shape index (κ2) is 13.4. The van der Waals surface area contributed by atoms with Crippen LogP contribution in [0.15, 0.2) is 132 Å². The van der Waals surface area contributed by atoms with Crippen LogP contribution in [-0.4, -0.2) is 37.2 Å². The summed E-state index contributed by atoms with van der Waals surface area (Å²) in [6.07, 6.45) is 7.55. The minimum absolute atomic E-state index is 0.112. The second-order valence-corrected chi connectivity index (χ2v) is 11.8. The van der Waals surface area contributed by atoms with Crippen LogP contribution in [0.2, 0.25) is 0 Å². The molecule has 49 heavy (non-hydrogen) atoms. The third kappa shape index (κ3) is 6.31. The van der Waals surface area contributed by atoms with Gasteiger partial charge in [-0.2, -0.15) is 0 Å². The van der Waals surface area contributed by atoms with E-state index < -0.39 is 5.97 Å². The van der Waals surface area contributed by atoms with E-state index in [4.69, 9.17) is 10.5 Å². The van der Waals surface area contributed by atoms with Gasteiger partial charge in [-0.25, -0.2) is 14.8 Å². The summed E-state index contributed by atoms with van der Waals surface area (Å²) < 4.78 is 8.05. The third-order valence-corrected chi connectivity index (χ3v) is 8.56. The van der Waals surface area contributed by atoms with Gasteiger partial charge in [0.15, 0.2) is 0 Å². The van der Waals surface area contributed by atoms with E-state index in [9.17, 15) is 14.4 Å². The molecule has 4 aromatic carbocycles. The van der Waals surface area contributed by atoms with Crippen LogP contribution in [0.1, 0.15) is 45.9 Å². The number of anilines is 1. The average molecular weight is 649 g/mol. The molecule has 1 aliphatic rings. The van der Waals surface area contributed by atoms with Gasteiger partial charge in [0, 0.05) is 12.6 Å². The lowest BCUT2D eigenvalue weighted by molar-refractivity contribution is 0.0599. The van der Waals surface area contributed by atoms with Gasteiger partial charge < -0.3 is 10.5 Å².